The fourth-order valence-electron chi connectivity index (χ4n) is 2.14. The van der Waals surface area contributed by atoms with Gasteiger partial charge in [0.25, 0.3) is 5.56 Å². The zero-order valence-corrected chi connectivity index (χ0v) is 12.2. The van der Waals surface area contributed by atoms with Crippen LogP contribution in [0.1, 0.15) is 18.7 Å². The summed E-state index contributed by atoms with van der Waals surface area (Å²) >= 11 is 5.05. The van der Waals surface area contributed by atoms with E-state index in [-0.39, 0.29) is 16.9 Å². The van der Waals surface area contributed by atoms with Crippen LogP contribution < -0.4 is 5.56 Å². The van der Waals surface area contributed by atoms with Crippen LogP contribution in [0, 0.1) is 4.77 Å². The average molecular weight is 318 g/mol. The maximum atomic E-state index is 11.8. The van der Waals surface area contributed by atoms with Gasteiger partial charge in [-0.25, -0.2) is 0 Å². The second-order valence-electron chi connectivity index (χ2n) is 4.69. The molecule has 4 atom stereocenters. The fraction of sp³-hybridized carbons (Fsp3) is 0.667. The summed E-state index contributed by atoms with van der Waals surface area (Å²) in [5, 5.41) is 28.9. The lowest BCUT2D eigenvalue weighted by Gasteiger charge is -2.19. The van der Waals surface area contributed by atoms with Gasteiger partial charge in [0, 0.05) is 12.8 Å². The van der Waals surface area contributed by atoms with Gasteiger partial charge < -0.3 is 24.8 Å². The summed E-state index contributed by atoms with van der Waals surface area (Å²) in [5.74, 6) is 0. The van der Waals surface area contributed by atoms with Crippen LogP contribution in [-0.2, 0) is 16.1 Å². The van der Waals surface area contributed by atoms with Crippen molar-refractivity contribution in [2.75, 3.05) is 13.2 Å². The van der Waals surface area contributed by atoms with Crippen molar-refractivity contribution in [1.29, 1.82) is 0 Å². The maximum absolute atomic E-state index is 11.8. The second kappa shape index (κ2) is 6.77. The lowest BCUT2D eigenvalue weighted by atomic mass is 10.1. The Balaban J connectivity index is 2.35. The summed E-state index contributed by atoms with van der Waals surface area (Å²) < 4.78 is 12.0. The van der Waals surface area contributed by atoms with Gasteiger partial charge in [-0.05, 0) is 19.1 Å². The first-order chi connectivity index (χ1) is 9.99. The molecule has 9 heteroatoms. The highest BCUT2D eigenvalue weighted by Gasteiger charge is 2.43. The predicted octanol–water partition coefficient (Wildman–Crippen LogP) is -0.946. The number of aromatic nitrogens is 2. The lowest BCUT2D eigenvalue weighted by Crippen LogP contribution is -2.33. The molecular weight excluding hydrogens is 300 g/mol. The molecule has 1 aromatic heterocycles. The zero-order chi connectivity index (χ0) is 15.6. The molecule has 1 saturated heterocycles. The number of aromatic amines is 1. The van der Waals surface area contributed by atoms with E-state index in [0.29, 0.717) is 12.2 Å². The molecule has 4 N–H and O–H groups in total. The van der Waals surface area contributed by atoms with Crippen molar-refractivity contribution in [3.63, 3.8) is 0 Å². The van der Waals surface area contributed by atoms with E-state index in [1.807, 2.05) is 0 Å². The molecule has 118 valence electrons. The first-order valence-corrected chi connectivity index (χ1v) is 6.95. The van der Waals surface area contributed by atoms with Crippen LogP contribution >= 0.6 is 12.2 Å². The molecule has 0 saturated carbocycles. The first-order valence-electron chi connectivity index (χ1n) is 6.54. The Bertz CT molecular complexity index is 600. The minimum atomic E-state index is -1.26. The highest BCUT2D eigenvalue weighted by atomic mass is 32.1. The minimum Gasteiger partial charge on any atom is -0.394 e. The molecular formula is C12H18N2O6S. The summed E-state index contributed by atoms with van der Waals surface area (Å²) in [4.78, 5) is 14.2. The quantitative estimate of drug-likeness (QED) is 0.517. The monoisotopic (exact) mass is 318 g/mol. The van der Waals surface area contributed by atoms with Crippen LogP contribution in [0.4, 0.5) is 0 Å². The number of rotatable bonds is 5. The third kappa shape index (κ3) is 3.23. The van der Waals surface area contributed by atoms with Crippen molar-refractivity contribution >= 4 is 12.2 Å². The summed E-state index contributed by atoms with van der Waals surface area (Å²) in [5.41, 5.74) is -0.0559. The number of H-pyrrole nitrogens is 1. The van der Waals surface area contributed by atoms with Crippen LogP contribution in [-0.4, -0.2) is 56.4 Å². The molecule has 0 spiro atoms. The van der Waals surface area contributed by atoms with Gasteiger partial charge in [-0.15, -0.1) is 0 Å². The molecule has 0 radical (unpaired) electrons. The van der Waals surface area contributed by atoms with Gasteiger partial charge in [0.2, 0.25) is 0 Å². The van der Waals surface area contributed by atoms with Crippen molar-refractivity contribution in [1.82, 2.24) is 9.55 Å². The molecule has 2 unspecified atom stereocenters. The van der Waals surface area contributed by atoms with E-state index >= 15 is 0 Å². The van der Waals surface area contributed by atoms with Crippen LogP contribution in [0.15, 0.2) is 11.0 Å². The van der Waals surface area contributed by atoms with Crippen molar-refractivity contribution in [3.8, 4) is 0 Å². The van der Waals surface area contributed by atoms with Crippen molar-refractivity contribution < 1.29 is 24.8 Å². The van der Waals surface area contributed by atoms with Gasteiger partial charge in [-0.2, -0.15) is 0 Å². The third-order valence-electron chi connectivity index (χ3n) is 3.29. The Morgan fingerprint density at radius 1 is 1.48 bits per heavy atom. The first kappa shape index (κ1) is 16.3. The van der Waals surface area contributed by atoms with Gasteiger partial charge >= 0.3 is 0 Å². The number of aliphatic hydroxyl groups is 3. The topological polar surface area (TPSA) is 117 Å². The van der Waals surface area contributed by atoms with E-state index in [2.05, 4.69) is 4.98 Å². The SMILES string of the molecule is CCOCc1cn([C@H]2O[C@@H](CO)C(O)C2O)c(=S)[nH]c1=O. The van der Waals surface area contributed by atoms with Gasteiger partial charge in [0.15, 0.2) is 11.0 Å². The lowest BCUT2D eigenvalue weighted by molar-refractivity contribution is -0.0544. The number of nitrogens with zero attached hydrogens (tertiary/aromatic N) is 1. The standard InChI is InChI=1S/C12H18N2O6S/c1-2-19-5-6-3-14(12(21)13-10(6)18)11-9(17)8(16)7(4-15)20-11/h3,7-9,11,15-17H,2,4-5H2,1H3,(H,13,18,21)/t7-,8?,9?,11-/m0/s1. The Labute approximate surface area is 125 Å². The Hall–Kier alpha value is -1.10. The van der Waals surface area contributed by atoms with E-state index in [4.69, 9.17) is 26.8 Å². The van der Waals surface area contributed by atoms with Gasteiger partial charge in [-0.1, -0.05) is 0 Å². The number of hydrogen-bond donors (Lipinski definition) is 4. The molecule has 0 amide bonds. The van der Waals surface area contributed by atoms with Gasteiger partial charge in [0.05, 0.1) is 18.8 Å². The van der Waals surface area contributed by atoms with E-state index in [1.54, 1.807) is 6.92 Å². The van der Waals surface area contributed by atoms with Crippen LogP contribution in [0.5, 0.6) is 0 Å². The molecule has 2 rings (SSSR count). The fourth-order valence-corrected chi connectivity index (χ4v) is 2.39. The molecule has 0 aromatic carbocycles. The van der Waals surface area contributed by atoms with Crippen molar-refractivity contribution in [3.05, 3.63) is 26.9 Å². The zero-order valence-electron chi connectivity index (χ0n) is 11.4. The number of nitrogens with one attached hydrogen (secondary N) is 1. The number of aliphatic hydroxyl groups excluding tert-OH is 3. The molecule has 21 heavy (non-hydrogen) atoms. The largest absolute Gasteiger partial charge is 0.394 e. The normalized spacial score (nSPS) is 29.0. The summed E-state index contributed by atoms with van der Waals surface area (Å²) in [6.45, 7) is 1.91. The van der Waals surface area contributed by atoms with E-state index < -0.39 is 31.1 Å². The smallest absolute Gasteiger partial charge is 0.257 e. The third-order valence-corrected chi connectivity index (χ3v) is 3.61. The number of hydrogen-bond acceptors (Lipinski definition) is 7. The van der Waals surface area contributed by atoms with Crippen molar-refractivity contribution in [2.45, 2.75) is 38.1 Å². The van der Waals surface area contributed by atoms with Crippen LogP contribution in [0.3, 0.4) is 0 Å². The minimum absolute atomic E-state index is 0.0510. The molecule has 1 aromatic rings. The Morgan fingerprint density at radius 2 is 2.19 bits per heavy atom. The average Bonchev–Trinajstić information content (AvgIpc) is 2.74. The van der Waals surface area contributed by atoms with Crippen LogP contribution in [0.25, 0.3) is 0 Å². The summed E-state index contributed by atoms with van der Waals surface area (Å²) in [6.07, 6.45) is -2.96. The van der Waals surface area contributed by atoms with E-state index in [9.17, 15) is 15.0 Å². The second-order valence-corrected chi connectivity index (χ2v) is 5.07. The molecule has 0 aliphatic carbocycles. The van der Waals surface area contributed by atoms with Gasteiger partial charge in [0.1, 0.15) is 18.3 Å². The predicted molar refractivity (Wildman–Crippen MR) is 74.2 cm³/mol. The highest BCUT2D eigenvalue weighted by molar-refractivity contribution is 7.71. The highest BCUT2D eigenvalue weighted by Crippen LogP contribution is 2.29. The van der Waals surface area contributed by atoms with Crippen molar-refractivity contribution in [2.24, 2.45) is 0 Å². The summed E-state index contributed by atoms with van der Waals surface area (Å²) in [7, 11) is 0. The van der Waals surface area contributed by atoms with E-state index in [1.165, 1.54) is 10.8 Å². The molecule has 0 bridgehead atoms. The number of ether oxygens (including phenoxy) is 2. The Kier molecular flexibility index (Phi) is 5.25. The molecule has 2 heterocycles. The Morgan fingerprint density at radius 3 is 2.76 bits per heavy atom. The van der Waals surface area contributed by atoms with Gasteiger partial charge in [-0.3, -0.25) is 14.3 Å². The maximum Gasteiger partial charge on any atom is 0.257 e. The molecule has 1 fully saturated rings. The molecule has 1 aliphatic heterocycles. The summed E-state index contributed by atoms with van der Waals surface area (Å²) in [6, 6.07) is 0. The molecule has 8 nitrogen and oxygen atoms in total. The van der Waals surface area contributed by atoms with Crippen LogP contribution in [0.2, 0.25) is 0 Å². The molecule has 1 aliphatic rings. The van der Waals surface area contributed by atoms with E-state index in [0.717, 1.165) is 0 Å².